The second-order valence-electron chi connectivity index (χ2n) is 1.82. The smallest absolute Gasteiger partial charge is 0.313 e. The van der Waals surface area contributed by atoms with Gasteiger partial charge in [0.15, 0.2) is 0 Å². The lowest BCUT2D eigenvalue weighted by molar-refractivity contribution is 0.247. The maximum Gasteiger partial charge on any atom is 0.333 e. The maximum absolute atomic E-state index is 5.25. The van der Waals surface area contributed by atoms with E-state index >= 15 is 0 Å². The fourth-order valence-corrected chi connectivity index (χ4v) is 1.63. The average Bonchev–Trinajstić information content (AvgIpc) is 2.37. The molecule has 0 amide bonds. The van der Waals surface area contributed by atoms with Crippen LogP contribution in [0.25, 0.3) is 0 Å². The number of rotatable bonds is 3. The van der Waals surface area contributed by atoms with E-state index in [1.807, 2.05) is 6.92 Å². The van der Waals surface area contributed by atoms with E-state index < -0.39 is 8.60 Å². The summed E-state index contributed by atoms with van der Waals surface area (Å²) in [6, 6.07) is 0. The van der Waals surface area contributed by atoms with Gasteiger partial charge in [0.25, 0.3) is 0 Å². The normalized spacial score (nSPS) is 32.5. The third-order valence-electron chi connectivity index (χ3n) is 1.06. The van der Waals surface area contributed by atoms with Gasteiger partial charge in [-0.2, -0.15) is 0 Å². The summed E-state index contributed by atoms with van der Waals surface area (Å²) >= 11 is 0. The Kier molecular flexibility index (Phi) is 3.29. The van der Waals surface area contributed by atoms with Crippen molar-refractivity contribution in [2.75, 3.05) is 13.2 Å². The molecule has 1 heterocycles. The first-order valence-corrected chi connectivity index (χ1v) is 4.31. The van der Waals surface area contributed by atoms with Crippen LogP contribution in [-0.2, 0) is 13.6 Å². The van der Waals surface area contributed by atoms with Crippen LogP contribution in [-0.4, -0.2) is 19.3 Å². The fourth-order valence-electron chi connectivity index (χ4n) is 0.590. The topological polar surface area (TPSA) is 27.7 Å². The Morgan fingerprint density at radius 2 is 2.70 bits per heavy atom. The van der Waals surface area contributed by atoms with E-state index in [0.717, 1.165) is 0 Å². The molecular formula is C6H11O3P. The lowest BCUT2D eigenvalue weighted by Gasteiger charge is -2.05. The first-order chi connectivity index (χ1) is 4.86. The van der Waals surface area contributed by atoms with Crippen molar-refractivity contribution in [1.82, 2.24) is 0 Å². The van der Waals surface area contributed by atoms with Crippen LogP contribution >= 0.6 is 8.60 Å². The van der Waals surface area contributed by atoms with Gasteiger partial charge in [0.2, 0.25) is 0 Å². The highest BCUT2D eigenvalue weighted by atomic mass is 31.2. The minimum atomic E-state index is -1.06. The first-order valence-electron chi connectivity index (χ1n) is 3.22. The molecule has 10 heavy (non-hydrogen) atoms. The van der Waals surface area contributed by atoms with Crippen molar-refractivity contribution < 1.29 is 13.6 Å². The van der Waals surface area contributed by atoms with E-state index in [2.05, 4.69) is 6.58 Å². The van der Waals surface area contributed by atoms with Gasteiger partial charge in [-0.1, -0.05) is 6.08 Å². The molecule has 1 fully saturated rings. The molecule has 1 aliphatic rings. The summed E-state index contributed by atoms with van der Waals surface area (Å²) in [5.74, 6) is 0. The molecule has 1 rings (SSSR count). The molecule has 1 aliphatic heterocycles. The average molecular weight is 162 g/mol. The van der Waals surface area contributed by atoms with Gasteiger partial charge >= 0.3 is 8.60 Å². The predicted molar refractivity (Wildman–Crippen MR) is 39.6 cm³/mol. The SMILES string of the molecule is C=CC1COP(OCC)O1. The molecule has 1 saturated heterocycles. The predicted octanol–water partition coefficient (Wildman–Crippen LogP) is 1.85. The van der Waals surface area contributed by atoms with Crippen LogP contribution in [0, 0.1) is 0 Å². The molecule has 0 spiro atoms. The Bertz CT molecular complexity index is 118. The first kappa shape index (κ1) is 8.15. The molecule has 3 nitrogen and oxygen atoms in total. The Morgan fingerprint density at radius 3 is 3.20 bits per heavy atom. The highest BCUT2D eigenvalue weighted by Gasteiger charge is 2.25. The van der Waals surface area contributed by atoms with Gasteiger partial charge in [-0.25, -0.2) is 0 Å². The highest BCUT2D eigenvalue weighted by molar-refractivity contribution is 7.42. The molecule has 0 bridgehead atoms. The zero-order chi connectivity index (χ0) is 7.40. The van der Waals surface area contributed by atoms with Crippen LogP contribution in [0.2, 0.25) is 0 Å². The van der Waals surface area contributed by atoms with Gasteiger partial charge in [-0.3, -0.25) is 0 Å². The molecular weight excluding hydrogens is 151 g/mol. The van der Waals surface area contributed by atoms with Gasteiger partial charge < -0.3 is 13.6 Å². The summed E-state index contributed by atoms with van der Waals surface area (Å²) < 4.78 is 15.5. The van der Waals surface area contributed by atoms with Crippen molar-refractivity contribution in [1.29, 1.82) is 0 Å². The van der Waals surface area contributed by atoms with Crippen molar-refractivity contribution >= 4 is 8.60 Å². The standard InChI is InChI=1S/C6H11O3P/c1-3-6-5-8-10(9-6)7-4-2/h3,6H,1,4-5H2,2H3. The molecule has 2 unspecified atom stereocenters. The van der Waals surface area contributed by atoms with Crippen molar-refractivity contribution in [3.05, 3.63) is 12.7 Å². The Hall–Kier alpha value is 0.0500. The van der Waals surface area contributed by atoms with Crippen LogP contribution in [0.1, 0.15) is 6.92 Å². The zero-order valence-corrected chi connectivity index (χ0v) is 6.84. The fraction of sp³-hybridized carbons (Fsp3) is 0.667. The van der Waals surface area contributed by atoms with E-state index in [1.165, 1.54) is 0 Å². The van der Waals surface area contributed by atoms with Crippen LogP contribution < -0.4 is 0 Å². The second-order valence-corrected chi connectivity index (χ2v) is 2.99. The van der Waals surface area contributed by atoms with Gasteiger partial charge in [0.05, 0.1) is 13.2 Å². The van der Waals surface area contributed by atoms with Gasteiger partial charge in [-0.15, -0.1) is 6.58 Å². The number of hydrogen-bond donors (Lipinski definition) is 0. The highest BCUT2D eigenvalue weighted by Crippen LogP contribution is 2.46. The zero-order valence-electron chi connectivity index (χ0n) is 5.95. The molecule has 0 aromatic heterocycles. The van der Waals surface area contributed by atoms with E-state index in [9.17, 15) is 0 Å². The van der Waals surface area contributed by atoms with Gasteiger partial charge in [0.1, 0.15) is 6.10 Å². The molecule has 4 heteroatoms. The summed E-state index contributed by atoms with van der Waals surface area (Å²) in [7, 11) is -1.06. The second kappa shape index (κ2) is 4.04. The Morgan fingerprint density at radius 1 is 1.90 bits per heavy atom. The maximum atomic E-state index is 5.25. The number of hydrogen-bond acceptors (Lipinski definition) is 3. The monoisotopic (exact) mass is 162 g/mol. The minimum absolute atomic E-state index is 0.0256. The van der Waals surface area contributed by atoms with Crippen LogP contribution in [0.4, 0.5) is 0 Å². The van der Waals surface area contributed by atoms with E-state index in [-0.39, 0.29) is 6.10 Å². The quantitative estimate of drug-likeness (QED) is 0.468. The molecule has 0 aromatic carbocycles. The van der Waals surface area contributed by atoms with E-state index in [0.29, 0.717) is 13.2 Å². The molecule has 0 aromatic rings. The molecule has 0 saturated carbocycles. The van der Waals surface area contributed by atoms with Crippen molar-refractivity contribution in [3.63, 3.8) is 0 Å². The largest absolute Gasteiger partial charge is 0.333 e. The summed E-state index contributed by atoms with van der Waals surface area (Å²) in [6.07, 6.45) is 1.75. The lowest BCUT2D eigenvalue weighted by Crippen LogP contribution is -2.02. The lowest BCUT2D eigenvalue weighted by atomic mass is 10.4. The van der Waals surface area contributed by atoms with Gasteiger partial charge in [-0.05, 0) is 6.92 Å². The van der Waals surface area contributed by atoms with Crippen molar-refractivity contribution in [2.45, 2.75) is 13.0 Å². The van der Waals surface area contributed by atoms with E-state index in [1.54, 1.807) is 6.08 Å². The third-order valence-corrected chi connectivity index (χ3v) is 2.33. The molecule has 58 valence electrons. The summed E-state index contributed by atoms with van der Waals surface area (Å²) in [4.78, 5) is 0. The van der Waals surface area contributed by atoms with Crippen molar-refractivity contribution in [2.24, 2.45) is 0 Å². The van der Waals surface area contributed by atoms with Crippen LogP contribution in [0.5, 0.6) is 0 Å². The van der Waals surface area contributed by atoms with Crippen LogP contribution in [0.3, 0.4) is 0 Å². The minimum Gasteiger partial charge on any atom is -0.313 e. The summed E-state index contributed by atoms with van der Waals surface area (Å²) in [5.41, 5.74) is 0. The Labute approximate surface area is 62.0 Å². The van der Waals surface area contributed by atoms with E-state index in [4.69, 9.17) is 13.6 Å². The summed E-state index contributed by atoms with van der Waals surface area (Å²) in [6.45, 7) is 6.71. The van der Waals surface area contributed by atoms with Crippen molar-refractivity contribution in [3.8, 4) is 0 Å². The van der Waals surface area contributed by atoms with Crippen LogP contribution in [0.15, 0.2) is 12.7 Å². The van der Waals surface area contributed by atoms with Gasteiger partial charge in [0, 0.05) is 0 Å². The third kappa shape index (κ3) is 2.03. The Balaban J connectivity index is 2.21. The molecule has 0 N–H and O–H groups in total. The molecule has 2 atom stereocenters. The molecule has 0 radical (unpaired) electrons. The summed E-state index contributed by atoms with van der Waals surface area (Å²) in [5, 5.41) is 0. The molecule has 0 aliphatic carbocycles.